The van der Waals surface area contributed by atoms with Crippen LogP contribution in [0.25, 0.3) is 6.08 Å². The topological polar surface area (TPSA) is 55.9 Å². The van der Waals surface area contributed by atoms with Gasteiger partial charge in [-0.1, -0.05) is 30.3 Å². The lowest BCUT2D eigenvalue weighted by molar-refractivity contribution is -0.314. The van der Waals surface area contributed by atoms with Crippen LogP contribution in [-0.2, 0) is 35.9 Å². The number of benzene rings is 1. The second-order valence-electron chi connectivity index (χ2n) is 7.08. The molecule has 1 heterocycles. The number of nitrogens with zero attached hydrogens (tertiary/aromatic N) is 3. The van der Waals surface area contributed by atoms with Gasteiger partial charge in [-0.05, 0) is 58.3 Å². The normalized spacial score (nSPS) is 19.7. The minimum absolute atomic E-state index is 0.675. The first kappa shape index (κ1) is 24.5. The molecule has 0 spiro atoms. The Hall–Kier alpha value is -1.13. The van der Waals surface area contributed by atoms with Crippen molar-refractivity contribution < 1.29 is 24.1 Å². The predicted octanol–water partition coefficient (Wildman–Crippen LogP) is 3.96. The van der Waals surface area contributed by atoms with Crippen molar-refractivity contribution in [3.8, 4) is 0 Å². The van der Waals surface area contributed by atoms with E-state index in [4.69, 9.17) is 35.9 Å². The minimum atomic E-state index is -2.91. The molecule has 0 saturated carbocycles. The van der Waals surface area contributed by atoms with Crippen LogP contribution in [-0.4, -0.2) is 69.6 Å². The molecule has 8 nitrogen and oxygen atoms in total. The molecule has 0 atom stereocenters. The molecule has 0 aromatic heterocycles. The third-order valence-corrected chi connectivity index (χ3v) is 9.46. The molecule has 1 saturated heterocycles. The molecular formula is C21H32N3O5PS. The maximum absolute atomic E-state index is 6.25. The standard InChI is InChI=1S/C21H32N3O5PS/c1-25-23(26-2)30(31,24(27-3)28-4)20-12-8-11-19(17-18-9-6-5-7-10-18)21(20)22-13-15-29-16-14-22/h5-7,9-10,17H,8,11-16H2,1-4H3. The largest absolute Gasteiger partial charge is 0.378 e. The Morgan fingerprint density at radius 3 is 2.06 bits per heavy atom. The fraction of sp³-hybridized carbons (Fsp3) is 0.524. The molecule has 0 unspecified atom stereocenters. The lowest BCUT2D eigenvalue weighted by Gasteiger charge is -2.43. The first-order chi connectivity index (χ1) is 15.1. The molecule has 1 aromatic carbocycles. The summed E-state index contributed by atoms with van der Waals surface area (Å²) in [5, 5.41) is 1.03. The number of morpholine rings is 1. The zero-order valence-corrected chi connectivity index (χ0v) is 20.4. The van der Waals surface area contributed by atoms with E-state index in [0.717, 1.165) is 48.9 Å². The molecule has 0 bridgehead atoms. The smallest absolute Gasteiger partial charge is 0.209 e. The Bertz CT molecular complexity index is 806. The van der Waals surface area contributed by atoms with Gasteiger partial charge in [0.15, 0.2) is 0 Å². The highest BCUT2D eigenvalue weighted by atomic mass is 32.4. The van der Waals surface area contributed by atoms with E-state index in [9.17, 15) is 0 Å². The summed E-state index contributed by atoms with van der Waals surface area (Å²) in [4.78, 5) is 27.2. The van der Waals surface area contributed by atoms with Crippen molar-refractivity contribution in [1.29, 1.82) is 0 Å². The van der Waals surface area contributed by atoms with Gasteiger partial charge in [-0.25, -0.2) is 0 Å². The molecule has 31 heavy (non-hydrogen) atoms. The summed E-state index contributed by atoms with van der Waals surface area (Å²) >= 11 is 6.25. The van der Waals surface area contributed by atoms with Crippen molar-refractivity contribution in [3.05, 3.63) is 52.5 Å². The van der Waals surface area contributed by atoms with Gasteiger partial charge >= 0.3 is 0 Å². The van der Waals surface area contributed by atoms with Gasteiger partial charge in [-0.3, -0.25) is 19.4 Å². The number of ether oxygens (including phenoxy) is 1. The maximum atomic E-state index is 6.25. The van der Waals surface area contributed by atoms with E-state index in [1.165, 1.54) is 44.0 Å². The molecule has 1 aliphatic heterocycles. The summed E-state index contributed by atoms with van der Waals surface area (Å²) in [6.07, 6.45) is 2.05. The Morgan fingerprint density at radius 2 is 1.52 bits per heavy atom. The van der Waals surface area contributed by atoms with Crippen LogP contribution in [0.4, 0.5) is 0 Å². The number of rotatable bonds is 9. The zero-order chi connectivity index (χ0) is 22.3. The van der Waals surface area contributed by atoms with Crippen LogP contribution in [0.5, 0.6) is 0 Å². The van der Waals surface area contributed by atoms with E-state index in [1.54, 1.807) is 0 Å². The van der Waals surface area contributed by atoms with E-state index in [2.05, 4.69) is 23.1 Å². The first-order valence-electron chi connectivity index (χ1n) is 10.3. The lowest BCUT2D eigenvalue weighted by Crippen LogP contribution is -2.39. The molecule has 0 N–H and O–H groups in total. The molecule has 0 radical (unpaired) electrons. The Kier molecular flexibility index (Phi) is 9.21. The summed E-state index contributed by atoms with van der Waals surface area (Å²) < 4.78 is 5.62. The van der Waals surface area contributed by atoms with E-state index in [0.29, 0.717) is 13.2 Å². The van der Waals surface area contributed by atoms with Crippen molar-refractivity contribution in [1.82, 2.24) is 14.9 Å². The summed E-state index contributed by atoms with van der Waals surface area (Å²) in [6.45, 7) is 2.93. The maximum Gasteiger partial charge on any atom is 0.209 e. The molecule has 1 aliphatic carbocycles. The fourth-order valence-electron chi connectivity index (χ4n) is 4.06. The molecule has 172 valence electrons. The van der Waals surface area contributed by atoms with Crippen molar-refractivity contribution in [2.45, 2.75) is 19.3 Å². The van der Waals surface area contributed by atoms with Crippen LogP contribution in [0.2, 0.25) is 0 Å². The highest BCUT2D eigenvalue weighted by molar-refractivity contribution is 8.14. The molecule has 0 amide bonds. The van der Waals surface area contributed by atoms with Gasteiger partial charge < -0.3 is 9.64 Å². The molecule has 3 rings (SSSR count). The third-order valence-electron chi connectivity index (χ3n) is 5.32. The van der Waals surface area contributed by atoms with Gasteiger partial charge in [0.25, 0.3) is 0 Å². The van der Waals surface area contributed by atoms with Crippen molar-refractivity contribution in [2.75, 3.05) is 54.7 Å². The monoisotopic (exact) mass is 469 g/mol. The van der Waals surface area contributed by atoms with Gasteiger partial charge in [0, 0.05) is 24.1 Å². The van der Waals surface area contributed by atoms with Crippen LogP contribution >= 0.6 is 6.34 Å². The summed E-state index contributed by atoms with van der Waals surface area (Å²) in [7, 11) is 6.14. The molecule has 10 heteroatoms. The van der Waals surface area contributed by atoms with Crippen molar-refractivity contribution in [3.63, 3.8) is 0 Å². The van der Waals surface area contributed by atoms with Crippen LogP contribution in [0.3, 0.4) is 0 Å². The van der Waals surface area contributed by atoms with E-state index in [1.807, 2.05) is 18.2 Å². The summed E-state index contributed by atoms with van der Waals surface area (Å²) in [5.41, 5.74) is 3.52. The molecule has 1 aromatic rings. The Labute approximate surface area is 189 Å². The highest BCUT2D eigenvalue weighted by Gasteiger charge is 2.44. The summed E-state index contributed by atoms with van der Waals surface area (Å²) in [6, 6.07) is 10.3. The average molecular weight is 470 g/mol. The van der Waals surface area contributed by atoms with E-state index >= 15 is 0 Å². The van der Waals surface area contributed by atoms with Crippen LogP contribution in [0.1, 0.15) is 24.8 Å². The van der Waals surface area contributed by atoms with Gasteiger partial charge in [-0.15, -0.1) is 0 Å². The van der Waals surface area contributed by atoms with Crippen LogP contribution in [0, 0.1) is 0 Å². The quantitative estimate of drug-likeness (QED) is 0.395. The zero-order valence-electron chi connectivity index (χ0n) is 18.7. The number of hydrogen-bond donors (Lipinski definition) is 0. The SMILES string of the molecule is CON(OC)P(=S)(C1=C(N2CCOCC2)C(=Cc2ccccc2)CCC1)N(OC)OC. The predicted molar refractivity (Wildman–Crippen MR) is 124 cm³/mol. The van der Waals surface area contributed by atoms with E-state index in [-0.39, 0.29) is 0 Å². The number of hydrogen-bond acceptors (Lipinski definition) is 7. The highest BCUT2D eigenvalue weighted by Crippen LogP contribution is 2.65. The van der Waals surface area contributed by atoms with Gasteiger partial charge in [0.1, 0.15) is 0 Å². The molecular weight excluding hydrogens is 437 g/mol. The Balaban J connectivity index is 2.22. The Morgan fingerprint density at radius 1 is 0.935 bits per heavy atom. The van der Waals surface area contributed by atoms with Gasteiger partial charge in [0.2, 0.25) is 6.34 Å². The van der Waals surface area contributed by atoms with Crippen molar-refractivity contribution in [2.24, 2.45) is 0 Å². The third kappa shape index (κ3) is 5.27. The number of allylic oxidation sites excluding steroid dienone is 2. The van der Waals surface area contributed by atoms with E-state index < -0.39 is 6.34 Å². The second-order valence-corrected chi connectivity index (χ2v) is 10.9. The first-order valence-corrected chi connectivity index (χ1v) is 13.0. The van der Waals surface area contributed by atoms with Gasteiger partial charge in [-0.2, -0.15) is 0 Å². The van der Waals surface area contributed by atoms with Crippen LogP contribution < -0.4 is 0 Å². The second kappa shape index (κ2) is 11.7. The van der Waals surface area contributed by atoms with Gasteiger partial charge in [0.05, 0.1) is 41.7 Å². The van der Waals surface area contributed by atoms with Crippen LogP contribution in [0.15, 0.2) is 46.9 Å². The molecule has 2 aliphatic rings. The molecule has 1 fully saturated rings. The minimum Gasteiger partial charge on any atom is -0.378 e. The average Bonchev–Trinajstić information content (AvgIpc) is 2.81. The fourth-order valence-corrected chi connectivity index (χ4v) is 7.81. The van der Waals surface area contributed by atoms with Crippen molar-refractivity contribution >= 4 is 24.2 Å². The summed E-state index contributed by atoms with van der Waals surface area (Å²) in [5.74, 6) is 0. The lowest BCUT2D eigenvalue weighted by atomic mass is 9.95.